The molecule has 0 radical (unpaired) electrons. The van der Waals surface area contributed by atoms with E-state index in [1.165, 1.54) is 6.92 Å². The van der Waals surface area contributed by atoms with Crippen LogP contribution < -0.4 is 16.4 Å². The SMILES string of the molecule is C=CCCCCCC[C@@H](NC(=O)[C@H](NC(C)=O)C(C)C)C(N)=O. The van der Waals surface area contributed by atoms with Crippen LogP contribution in [0.25, 0.3) is 0 Å². The van der Waals surface area contributed by atoms with Crippen molar-refractivity contribution in [3.8, 4) is 0 Å². The van der Waals surface area contributed by atoms with Gasteiger partial charge in [0, 0.05) is 6.92 Å². The van der Waals surface area contributed by atoms with Gasteiger partial charge < -0.3 is 16.4 Å². The van der Waals surface area contributed by atoms with E-state index in [4.69, 9.17) is 5.73 Å². The molecule has 0 aromatic heterocycles. The van der Waals surface area contributed by atoms with Gasteiger partial charge in [-0.25, -0.2) is 0 Å². The van der Waals surface area contributed by atoms with Gasteiger partial charge in [0.25, 0.3) is 0 Å². The van der Waals surface area contributed by atoms with Gasteiger partial charge in [0.1, 0.15) is 12.1 Å². The summed E-state index contributed by atoms with van der Waals surface area (Å²) in [7, 11) is 0. The van der Waals surface area contributed by atoms with E-state index in [-0.39, 0.29) is 17.7 Å². The molecular weight excluding hydrogens is 294 g/mol. The maximum Gasteiger partial charge on any atom is 0.243 e. The van der Waals surface area contributed by atoms with Crippen molar-refractivity contribution in [1.82, 2.24) is 10.6 Å². The molecule has 6 nitrogen and oxygen atoms in total. The monoisotopic (exact) mass is 325 g/mol. The van der Waals surface area contributed by atoms with Crippen molar-refractivity contribution < 1.29 is 14.4 Å². The fraction of sp³-hybridized carbons (Fsp3) is 0.706. The average molecular weight is 325 g/mol. The fourth-order valence-electron chi connectivity index (χ4n) is 2.29. The van der Waals surface area contributed by atoms with E-state index in [0.717, 1.165) is 32.1 Å². The Balaban J connectivity index is 4.43. The van der Waals surface area contributed by atoms with Crippen LogP contribution in [0.4, 0.5) is 0 Å². The first-order valence-corrected chi connectivity index (χ1v) is 8.27. The molecule has 6 heteroatoms. The van der Waals surface area contributed by atoms with Crippen molar-refractivity contribution in [3.05, 3.63) is 12.7 Å². The summed E-state index contributed by atoms with van der Waals surface area (Å²) in [6, 6.07) is -1.36. The van der Waals surface area contributed by atoms with Crippen molar-refractivity contribution in [2.75, 3.05) is 0 Å². The minimum absolute atomic E-state index is 0.0775. The number of amides is 3. The molecule has 0 fully saturated rings. The summed E-state index contributed by atoms with van der Waals surface area (Å²) in [4.78, 5) is 35.0. The Morgan fingerprint density at radius 2 is 1.70 bits per heavy atom. The van der Waals surface area contributed by atoms with E-state index in [1.807, 2.05) is 19.9 Å². The van der Waals surface area contributed by atoms with E-state index >= 15 is 0 Å². The largest absolute Gasteiger partial charge is 0.368 e. The Morgan fingerprint density at radius 3 is 2.17 bits per heavy atom. The van der Waals surface area contributed by atoms with Gasteiger partial charge in [-0.15, -0.1) is 6.58 Å². The molecule has 23 heavy (non-hydrogen) atoms. The van der Waals surface area contributed by atoms with Crippen molar-refractivity contribution in [1.29, 1.82) is 0 Å². The number of hydrogen-bond donors (Lipinski definition) is 3. The molecule has 0 aliphatic carbocycles. The number of nitrogens with two attached hydrogens (primary N) is 1. The Labute approximate surface area is 139 Å². The Morgan fingerprint density at radius 1 is 1.09 bits per heavy atom. The number of carbonyl (C=O) groups is 3. The van der Waals surface area contributed by atoms with Gasteiger partial charge >= 0.3 is 0 Å². The molecule has 0 bridgehead atoms. The zero-order valence-corrected chi connectivity index (χ0v) is 14.6. The Kier molecular flexibility index (Phi) is 10.7. The molecule has 0 aromatic rings. The van der Waals surface area contributed by atoms with Gasteiger partial charge in [-0.3, -0.25) is 14.4 Å². The predicted octanol–water partition coefficient (Wildman–Crippen LogP) is 1.64. The zero-order valence-electron chi connectivity index (χ0n) is 14.6. The van der Waals surface area contributed by atoms with Crippen LogP contribution in [-0.2, 0) is 14.4 Å². The summed E-state index contributed by atoms with van der Waals surface area (Å²) in [6.45, 7) is 8.70. The first-order chi connectivity index (χ1) is 10.8. The highest BCUT2D eigenvalue weighted by Crippen LogP contribution is 2.09. The summed E-state index contributed by atoms with van der Waals surface area (Å²) in [5.41, 5.74) is 5.37. The average Bonchev–Trinajstić information content (AvgIpc) is 2.46. The standard InChI is InChI=1S/C17H31N3O3/c1-5-6-7-8-9-10-11-14(16(18)22)20-17(23)15(12(2)3)19-13(4)21/h5,12,14-15H,1,6-11H2,2-4H3,(H2,18,22)(H,19,21)(H,20,23)/t14-,15-/m1/s1. The van der Waals surface area contributed by atoms with E-state index in [1.54, 1.807) is 0 Å². The third-order valence-electron chi connectivity index (χ3n) is 3.62. The number of hydrogen-bond acceptors (Lipinski definition) is 3. The van der Waals surface area contributed by atoms with Crippen LogP contribution >= 0.6 is 0 Å². The van der Waals surface area contributed by atoms with Crippen LogP contribution in [0.2, 0.25) is 0 Å². The molecule has 2 atom stereocenters. The Bertz CT molecular complexity index is 408. The minimum atomic E-state index is -0.697. The number of carbonyl (C=O) groups excluding carboxylic acids is 3. The van der Waals surface area contributed by atoms with Gasteiger partial charge in [-0.2, -0.15) is 0 Å². The summed E-state index contributed by atoms with van der Waals surface area (Å²) < 4.78 is 0. The molecule has 0 saturated carbocycles. The molecule has 3 amide bonds. The number of allylic oxidation sites excluding steroid dienone is 1. The van der Waals surface area contributed by atoms with Gasteiger partial charge in [-0.1, -0.05) is 39.2 Å². The molecule has 0 aliphatic heterocycles. The van der Waals surface area contributed by atoms with Crippen molar-refractivity contribution in [2.45, 2.75) is 71.4 Å². The van der Waals surface area contributed by atoms with Crippen LogP contribution in [0.5, 0.6) is 0 Å². The van der Waals surface area contributed by atoms with Gasteiger partial charge in [-0.05, 0) is 25.2 Å². The molecular formula is C17H31N3O3. The van der Waals surface area contributed by atoms with Crippen LogP contribution in [0, 0.1) is 5.92 Å². The van der Waals surface area contributed by atoms with Crippen molar-refractivity contribution in [3.63, 3.8) is 0 Å². The van der Waals surface area contributed by atoms with E-state index in [9.17, 15) is 14.4 Å². The van der Waals surface area contributed by atoms with Gasteiger partial charge in [0.05, 0.1) is 0 Å². The molecule has 0 rings (SSSR count). The van der Waals surface area contributed by atoms with Gasteiger partial charge in [0.2, 0.25) is 17.7 Å². The molecule has 0 aliphatic rings. The van der Waals surface area contributed by atoms with E-state index in [2.05, 4.69) is 17.2 Å². The third-order valence-corrected chi connectivity index (χ3v) is 3.62. The topological polar surface area (TPSA) is 101 Å². The number of primary amides is 1. The summed E-state index contributed by atoms with van der Waals surface area (Å²) in [5, 5.41) is 5.26. The highest BCUT2D eigenvalue weighted by molar-refractivity contribution is 5.91. The third kappa shape index (κ3) is 9.71. The van der Waals surface area contributed by atoms with Crippen molar-refractivity contribution >= 4 is 17.7 Å². The molecule has 4 N–H and O–H groups in total. The summed E-state index contributed by atoms with van der Waals surface area (Å²) in [6.07, 6.45) is 7.33. The second-order valence-corrected chi connectivity index (χ2v) is 6.17. The maximum atomic E-state index is 12.3. The van der Waals surface area contributed by atoms with Crippen molar-refractivity contribution in [2.24, 2.45) is 11.7 Å². The van der Waals surface area contributed by atoms with Crippen LogP contribution in [0.1, 0.15) is 59.3 Å². The van der Waals surface area contributed by atoms with E-state index < -0.39 is 18.0 Å². The maximum absolute atomic E-state index is 12.3. The quantitative estimate of drug-likeness (QED) is 0.375. The normalized spacial score (nSPS) is 13.2. The Hall–Kier alpha value is -1.85. The first-order valence-electron chi connectivity index (χ1n) is 8.27. The minimum Gasteiger partial charge on any atom is -0.368 e. The van der Waals surface area contributed by atoms with Crippen LogP contribution in [0.3, 0.4) is 0 Å². The van der Waals surface area contributed by atoms with Crippen LogP contribution in [-0.4, -0.2) is 29.8 Å². The summed E-state index contributed by atoms with van der Waals surface area (Å²) in [5.74, 6) is -1.27. The number of rotatable bonds is 12. The molecule has 132 valence electrons. The highest BCUT2D eigenvalue weighted by Gasteiger charge is 2.26. The van der Waals surface area contributed by atoms with E-state index in [0.29, 0.717) is 6.42 Å². The molecule has 0 unspecified atom stereocenters. The highest BCUT2D eigenvalue weighted by atomic mass is 16.2. The lowest BCUT2D eigenvalue weighted by Crippen LogP contribution is -2.54. The molecule has 0 aromatic carbocycles. The smallest absolute Gasteiger partial charge is 0.243 e. The molecule has 0 saturated heterocycles. The summed E-state index contributed by atoms with van der Waals surface area (Å²) >= 11 is 0. The second kappa shape index (κ2) is 11.7. The number of unbranched alkanes of at least 4 members (excludes halogenated alkanes) is 4. The van der Waals surface area contributed by atoms with Gasteiger partial charge in [0.15, 0.2) is 0 Å². The predicted molar refractivity (Wildman–Crippen MR) is 91.5 cm³/mol. The van der Waals surface area contributed by atoms with Crippen LogP contribution in [0.15, 0.2) is 12.7 Å². The molecule has 0 spiro atoms. The lowest BCUT2D eigenvalue weighted by molar-refractivity contribution is -0.131. The lowest BCUT2D eigenvalue weighted by atomic mass is 10.0. The molecule has 0 heterocycles. The zero-order chi connectivity index (χ0) is 17.8. The lowest BCUT2D eigenvalue weighted by Gasteiger charge is -2.24. The fourth-order valence-corrected chi connectivity index (χ4v) is 2.29. The second-order valence-electron chi connectivity index (χ2n) is 6.17. The number of nitrogens with one attached hydrogen (secondary N) is 2. The first kappa shape index (κ1) is 21.1.